The van der Waals surface area contributed by atoms with Crippen molar-refractivity contribution in [3.63, 3.8) is 0 Å². The average Bonchev–Trinajstić information content (AvgIpc) is 2.99. The van der Waals surface area contributed by atoms with Gasteiger partial charge in [0.1, 0.15) is 0 Å². The van der Waals surface area contributed by atoms with Crippen molar-refractivity contribution in [2.45, 2.75) is 20.8 Å². The van der Waals surface area contributed by atoms with E-state index in [0.717, 1.165) is 28.2 Å². The van der Waals surface area contributed by atoms with Gasteiger partial charge in [0.15, 0.2) is 0 Å². The number of aromatic nitrogens is 1. The SMILES string of the molecule is Cc1cc(Cl)ccc1NC(=O)C(=O)N/N=C\c1cc(C)n(-c2cc(Cl)ccc2Cl)c1C. The van der Waals surface area contributed by atoms with Crippen molar-refractivity contribution in [1.29, 1.82) is 0 Å². The summed E-state index contributed by atoms with van der Waals surface area (Å²) in [5.74, 6) is -1.73. The number of rotatable bonds is 4. The highest BCUT2D eigenvalue weighted by atomic mass is 35.5. The molecule has 0 bridgehead atoms. The standard InChI is InChI=1S/C22H19Cl3N4O2/c1-12-8-16(23)5-7-19(12)27-21(30)22(31)28-26-11-15-9-13(2)29(14(15)3)20-10-17(24)4-6-18(20)25/h4-11H,1-3H3,(H,27,30)(H,28,31)/b26-11-. The summed E-state index contributed by atoms with van der Waals surface area (Å²) >= 11 is 18.3. The van der Waals surface area contributed by atoms with Crippen molar-refractivity contribution < 1.29 is 9.59 Å². The van der Waals surface area contributed by atoms with Crippen LogP contribution in [0.1, 0.15) is 22.5 Å². The molecule has 0 saturated carbocycles. The predicted octanol–water partition coefficient (Wildman–Crippen LogP) is 5.45. The first kappa shape index (κ1) is 22.9. The zero-order valence-electron chi connectivity index (χ0n) is 17.0. The highest BCUT2D eigenvalue weighted by Crippen LogP contribution is 2.28. The van der Waals surface area contributed by atoms with Crippen LogP contribution >= 0.6 is 34.8 Å². The van der Waals surface area contributed by atoms with E-state index in [9.17, 15) is 9.59 Å². The second kappa shape index (κ2) is 9.56. The molecule has 3 aromatic rings. The first-order valence-electron chi connectivity index (χ1n) is 9.22. The number of hydrogen-bond donors (Lipinski definition) is 2. The van der Waals surface area contributed by atoms with Gasteiger partial charge in [0.05, 0.1) is 16.9 Å². The van der Waals surface area contributed by atoms with Crippen LogP contribution in [0.2, 0.25) is 15.1 Å². The molecule has 160 valence electrons. The topological polar surface area (TPSA) is 75.5 Å². The van der Waals surface area contributed by atoms with E-state index in [1.807, 2.05) is 24.5 Å². The van der Waals surface area contributed by atoms with Crippen molar-refractivity contribution in [3.05, 3.63) is 80.0 Å². The van der Waals surface area contributed by atoms with Gasteiger partial charge in [0.2, 0.25) is 0 Å². The van der Waals surface area contributed by atoms with Crippen LogP contribution in [0.25, 0.3) is 5.69 Å². The maximum atomic E-state index is 12.1. The summed E-state index contributed by atoms with van der Waals surface area (Å²) in [6.45, 7) is 5.59. The number of anilines is 1. The van der Waals surface area contributed by atoms with E-state index >= 15 is 0 Å². The fourth-order valence-corrected chi connectivity index (χ4v) is 3.70. The largest absolute Gasteiger partial charge is 0.329 e. The molecule has 1 heterocycles. The number of carbonyl (C=O) groups is 2. The van der Waals surface area contributed by atoms with Gasteiger partial charge in [0, 0.05) is 32.7 Å². The summed E-state index contributed by atoms with van der Waals surface area (Å²) in [6.07, 6.45) is 1.47. The minimum absolute atomic E-state index is 0.496. The lowest BCUT2D eigenvalue weighted by Gasteiger charge is -2.12. The van der Waals surface area contributed by atoms with Gasteiger partial charge in [-0.2, -0.15) is 5.10 Å². The molecule has 31 heavy (non-hydrogen) atoms. The molecular formula is C22H19Cl3N4O2. The van der Waals surface area contributed by atoms with Gasteiger partial charge in [0.25, 0.3) is 0 Å². The number of nitrogens with zero attached hydrogens (tertiary/aromatic N) is 2. The molecule has 2 amide bonds. The smallest absolute Gasteiger partial charge is 0.317 e. The van der Waals surface area contributed by atoms with E-state index in [4.69, 9.17) is 34.8 Å². The van der Waals surface area contributed by atoms with Crippen LogP contribution in [0.3, 0.4) is 0 Å². The van der Waals surface area contributed by atoms with E-state index < -0.39 is 11.8 Å². The van der Waals surface area contributed by atoms with E-state index in [1.54, 1.807) is 43.3 Å². The molecule has 0 spiro atoms. The number of hydrogen-bond acceptors (Lipinski definition) is 3. The van der Waals surface area contributed by atoms with Gasteiger partial charge in [-0.05, 0) is 68.8 Å². The van der Waals surface area contributed by atoms with Crippen molar-refractivity contribution in [2.24, 2.45) is 5.10 Å². The third-order valence-electron chi connectivity index (χ3n) is 4.63. The van der Waals surface area contributed by atoms with E-state index in [2.05, 4.69) is 15.8 Å². The van der Waals surface area contributed by atoms with Crippen LogP contribution in [0, 0.1) is 20.8 Å². The number of nitrogens with one attached hydrogen (secondary N) is 2. The normalized spacial score (nSPS) is 11.0. The number of aryl methyl sites for hydroxylation is 2. The predicted molar refractivity (Wildman–Crippen MR) is 126 cm³/mol. The minimum Gasteiger partial charge on any atom is -0.317 e. The van der Waals surface area contributed by atoms with E-state index in [0.29, 0.717) is 20.8 Å². The molecule has 1 aromatic heterocycles. The molecule has 3 rings (SSSR count). The molecule has 2 N–H and O–H groups in total. The van der Waals surface area contributed by atoms with E-state index in [-0.39, 0.29) is 0 Å². The molecule has 9 heteroatoms. The summed E-state index contributed by atoms with van der Waals surface area (Å²) in [7, 11) is 0. The fourth-order valence-electron chi connectivity index (χ4n) is 3.10. The third kappa shape index (κ3) is 5.28. The molecular weight excluding hydrogens is 459 g/mol. The van der Waals surface area contributed by atoms with Gasteiger partial charge in [-0.15, -0.1) is 0 Å². The van der Waals surface area contributed by atoms with Crippen LogP contribution in [0.4, 0.5) is 5.69 Å². The van der Waals surface area contributed by atoms with Crippen molar-refractivity contribution in [1.82, 2.24) is 9.99 Å². The van der Waals surface area contributed by atoms with Gasteiger partial charge >= 0.3 is 11.8 Å². The fraction of sp³-hybridized carbons (Fsp3) is 0.136. The Balaban J connectivity index is 1.72. The summed E-state index contributed by atoms with van der Waals surface area (Å²) in [5, 5.41) is 8.10. The third-order valence-corrected chi connectivity index (χ3v) is 5.42. The van der Waals surface area contributed by atoms with E-state index in [1.165, 1.54) is 6.21 Å². The quantitative estimate of drug-likeness (QED) is 0.298. The lowest BCUT2D eigenvalue weighted by atomic mass is 10.2. The van der Waals surface area contributed by atoms with Gasteiger partial charge < -0.3 is 9.88 Å². The molecule has 0 saturated heterocycles. The van der Waals surface area contributed by atoms with Crippen LogP contribution in [-0.2, 0) is 9.59 Å². The lowest BCUT2D eigenvalue weighted by Crippen LogP contribution is -2.32. The second-order valence-corrected chi connectivity index (χ2v) is 8.15. The summed E-state index contributed by atoms with van der Waals surface area (Å²) in [6, 6.07) is 12.1. The molecule has 0 aliphatic carbocycles. The molecule has 0 fully saturated rings. The highest BCUT2D eigenvalue weighted by Gasteiger charge is 2.15. The molecule has 0 aliphatic heterocycles. The number of amides is 2. The summed E-state index contributed by atoms with van der Waals surface area (Å²) < 4.78 is 1.94. The Morgan fingerprint density at radius 3 is 2.32 bits per heavy atom. The number of hydrazone groups is 1. The number of benzene rings is 2. The van der Waals surface area contributed by atoms with Crippen molar-refractivity contribution in [2.75, 3.05) is 5.32 Å². The zero-order valence-corrected chi connectivity index (χ0v) is 19.2. The average molecular weight is 478 g/mol. The van der Waals surface area contributed by atoms with Gasteiger partial charge in [-0.3, -0.25) is 9.59 Å². The van der Waals surface area contributed by atoms with Crippen molar-refractivity contribution >= 4 is 58.5 Å². The highest BCUT2D eigenvalue weighted by molar-refractivity contribution is 6.39. The Bertz CT molecular complexity index is 1200. The molecule has 0 atom stereocenters. The maximum absolute atomic E-state index is 12.1. The number of carbonyl (C=O) groups excluding carboxylic acids is 2. The van der Waals surface area contributed by atoms with Crippen LogP contribution in [0.5, 0.6) is 0 Å². The van der Waals surface area contributed by atoms with Crippen molar-refractivity contribution in [3.8, 4) is 5.69 Å². The number of halogens is 3. The van der Waals surface area contributed by atoms with Crippen LogP contribution in [-0.4, -0.2) is 22.6 Å². The van der Waals surface area contributed by atoms with Crippen LogP contribution < -0.4 is 10.7 Å². The lowest BCUT2D eigenvalue weighted by molar-refractivity contribution is -0.136. The maximum Gasteiger partial charge on any atom is 0.329 e. The monoisotopic (exact) mass is 476 g/mol. The molecule has 0 radical (unpaired) electrons. The Kier molecular flexibility index (Phi) is 7.05. The van der Waals surface area contributed by atoms with Crippen LogP contribution in [0.15, 0.2) is 47.6 Å². The summed E-state index contributed by atoms with van der Waals surface area (Å²) in [5.41, 5.74) is 6.72. The Labute approximate surface area is 194 Å². The molecule has 0 unspecified atom stereocenters. The minimum atomic E-state index is -0.891. The Morgan fingerprint density at radius 1 is 0.935 bits per heavy atom. The molecule has 0 aliphatic rings. The Hall–Kier alpha value is -2.80. The summed E-state index contributed by atoms with van der Waals surface area (Å²) in [4.78, 5) is 24.2. The second-order valence-electron chi connectivity index (χ2n) is 6.87. The molecule has 6 nitrogen and oxygen atoms in total. The van der Waals surface area contributed by atoms with Gasteiger partial charge in [-0.25, -0.2) is 5.43 Å². The zero-order chi connectivity index (χ0) is 22.7. The molecule has 2 aromatic carbocycles. The Morgan fingerprint density at radius 2 is 1.61 bits per heavy atom. The first-order valence-corrected chi connectivity index (χ1v) is 10.4. The first-order chi connectivity index (χ1) is 14.7. The van der Waals surface area contributed by atoms with Gasteiger partial charge in [-0.1, -0.05) is 34.8 Å².